The molecule has 1 unspecified atom stereocenters. The molecule has 5 heteroatoms. The fraction of sp³-hybridized carbons (Fsp3) is 0.357. The molecule has 1 aromatic carbocycles. The normalized spacial score (nSPS) is 12.6. The maximum atomic E-state index is 8.95. The van der Waals surface area contributed by atoms with Gasteiger partial charge in [-0.15, -0.1) is 0 Å². The van der Waals surface area contributed by atoms with Crippen LogP contribution in [-0.2, 0) is 5.75 Å². The third-order valence-electron chi connectivity index (χ3n) is 2.62. The second-order valence-electron chi connectivity index (χ2n) is 4.43. The van der Waals surface area contributed by atoms with Crippen molar-refractivity contribution in [1.82, 2.24) is 4.98 Å². The van der Waals surface area contributed by atoms with Crippen molar-refractivity contribution in [3.63, 3.8) is 0 Å². The molecule has 1 aromatic heterocycles. The average molecular weight is 342 g/mol. The lowest BCUT2D eigenvalue weighted by molar-refractivity contribution is 0.250. The Kier molecular flexibility index (Phi) is 5.48. The van der Waals surface area contributed by atoms with Crippen LogP contribution >= 0.6 is 27.7 Å². The molecule has 0 aliphatic rings. The van der Waals surface area contributed by atoms with E-state index >= 15 is 0 Å². The monoisotopic (exact) mass is 341 g/mol. The van der Waals surface area contributed by atoms with E-state index in [1.54, 1.807) is 18.0 Å². The molecule has 2 aromatic rings. The predicted octanol–water partition coefficient (Wildman–Crippen LogP) is 3.97. The van der Waals surface area contributed by atoms with Gasteiger partial charge in [0.25, 0.3) is 0 Å². The van der Waals surface area contributed by atoms with Gasteiger partial charge in [0.15, 0.2) is 5.76 Å². The lowest BCUT2D eigenvalue weighted by Crippen LogP contribution is -2.03. The molecule has 0 bridgehead atoms. The molecular weight excluding hydrogens is 326 g/mol. The molecule has 1 atom stereocenters. The van der Waals surface area contributed by atoms with Gasteiger partial charge in [0, 0.05) is 16.6 Å². The number of rotatable bonds is 6. The minimum Gasteiger partial charge on any atom is -0.440 e. The van der Waals surface area contributed by atoms with E-state index in [4.69, 9.17) is 9.52 Å². The third-order valence-corrected chi connectivity index (χ3v) is 4.41. The summed E-state index contributed by atoms with van der Waals surface area (Å²) in [5.41, 5.74) is 1.02. The Morgan fingerprint density at radius 1 is 1.37 bits per heavy atom. The molecule has 0 fully saturated rings. The van der Waals surface area contributed by atoms with E-state index in [9.17, 15) is 0 Å². The molecular formula is C14H16BrNO2S. The van der Waals surface area contributed by atoms with Crippen molar-refractivity contribution in [3.05, 3.63) is 40.8 Å². The van der Waals surface area contributed by atoms with Gasteiger partial charge in [-0.25, -0.2) is 4.98 Å². The molecule has 0 aliphatic heterocycles. The average Bonchev–Trinajstić information content (AvgIpc) is 2.88. The van der Waals surface area contributed by atoms with Crippen molar-refractivity contribution in [2.75, 3.05) is 12.4 Å². The quantitative estimate of drug-likeness (QED) is 0.863. The summed E-state index contributed by atoms with van der Waals surface area (Å²) in [4.78, 5) is 4.28. The first-order valence-corrected chi connectivity index (χ1v) is 8.03. The fourth-order valence-electron chi connectivity index (χ4n) is 1.52. The first kappa shape index (κ1) is 14.6. The number of aromatic nitrogens is 1. The highest BCUT2D eigenvalue weighted by Gasteiger charge is 2.07. The van der Waals surface area contributed by atoms with Gasteiger partial charge in [-0.1, -0.05) is 35.0 Å². The molecule has 3 nitrogen and oxygen atoms in total. The zero-order valence-corrected chi connectivity index (χ0v) is 13.1. The highest BCUT2D eigenvalue weighted by molar-refractivity contribution is 9.10. The highest BCUT2D eigenvalue weighted by Crippen LogP contribution is 2.24. The summed E-state index contributed by atoms with van der Waals surface area (Å²) in [6.45, 7) is 2.25. The smallest absolute Gasteiger partial charge is 0.204 e. The molecule has 2 rings (SSSR count). The summed E-state index contributed by atoms with van der Waals surface area (Å²) in [6, 6.07) is 7.95. The summed E-state index contributed by atoms with van der Waals surface area (Å²) in [7, 11) is 0. The number of benzene rings is 1. The molecule has 0 saturated heterocycles. The van der Waals surface area contributed by atoms with Gasteiger partial charge >= 0.3 is 0 Å². The van der Waals surface area contributed by atoms with E-state index in [-0.39, 0.29) is 6.61 Å². The van der Waals surface area contributed by atoms with E-state index < -0.39 is 0 Å². The summed E-state index contributed by atoms with van der Waals surface area (Å²) >= 11 is 5.13. The van der Waals surface area contributed by atoms with Crippen molar-refractivity contribution < 1.29 is 9.52 Å². The Bertz CT molecular complexity index is 512. The van der Waals surface area contributed by atoms with Gasteiger partial charge in [-0.3, -0.25) is 0 Å². The molecule has 1 heterocycles. The Hall–Kier alpha value is -0.780. The van der Waals surface area contributed by atoms with E-state index in [1.165, 1.54) is 0 Å². The number of halogens is 1. The van der Waals surface area contributed by atoms with Crippen LogP contribution in [0.2, 0.25) is 0 Å². The maximum absolute atomic E-state index is 8.95. The van der Waals surface area contributed by atoms with E-state index in [0.717, 1.165) is 33.2 Å². The molecule has 0 saturated carbocycles. The van der Waals surface area contributed by atoms with Crippen molar-refractivity contribution >= 4 is 27.7 Å². The number of nitrogens with zero attached hydrogens (tertiary/aromatic N) is 1. The van der Waals surface area contributed by atoms with E-state index in [1.807, 2.05) is 31.2 Å². The minimum absolute atomic E-state index is 0.225. The Labute approximate surface area is 125 Å². The Morgan fingerprint density at radius 2 is 2.11 bits per heavy atom. The molecule has 0 amide bonds. The molecule has 0 spiro atoms. The van der Waals surface area contributed by atoms with Crippen LogP contribution in [0.3, 0.4) is 0 Å². The number of aliphatic hydroxyl groups is 1. The maximum Gasteiger partial charge on any atom is 0.204 e. The van der Waals surface area contributed by atoms with E-state index in [2.05, 4.69) is 20.9 Å². The predicted molar refractivity (Wildman–Crippen MR) is 82.1 cm³/mol. The summed E-state index contributed by atoms with van der Waals surface area (Å²) in [6.07, 6.45) is 1.76. The second kappa shape index (κ2) is 7.12. The zero-order chi connectivity index (χ0) is 13.7. The summed E-state index contributed by atoms with van der Waals surface area (Å²) < 4.78 is 6.76. The van der Waals surface area contributed by atoms with Gasteiger partial charge in [-0.2, -0.15) is 11.8 Å². The number of hydrogen-bond acceptors (Lipinski definition) is 4. The van der Waals surface area contributed by atoms with Crippen LogP contribution in [0.15, 0.2) is 39.4 Å². The number of aliphatic hydroxyl groups excluding tert-OH is 1. The third kappa shape index (κ3) is 4.37. The lowest BCUT2D eigenvalue weighted by atomic mass is 10.2. The van der Waals surface area contributed by atoms with Crippen molar-refractivity contribution in [2.45, 2.75) is 12.7 Å². The van der Waals surface area contributed by atoms with Gasteiger partial charge in [0.05, 0.1) is 11.9 Å². The largest absolute Gasteiger partial charge is 0.440 e. The molecule has 0 aliphatic carbocycles. The van der Waals surface area contributed by atoms with Gasteiger partial charge < -0.3 is 9.52 Å². The van der Waals surface area contributed by atoms with Crippen LogP contribution in [0.5, 0.6) is 0 Å². The van der Waals surface area contributed by atoms with Crippen LogP contribution in [0.25, 0.3) is 11.3 Å². The highest BCUT2D eigenvalue weighted by atomic mass is 79.9. The minimum atomic E-state index is 0.225. The molecule has 0 radical (unpaired) electrons. The number of thioether (sulfide) groups is 1. The second-order valence-corrected chi connectivity index (χ2v) is 6.37. The van der Waals surface area contributed by atoms with Gasteiger partial charge in [-0.05, 0) is 23.8 Å². The first-order chi connectivity index (χ1) is 9.19. The SMILES string of the molecule is CC(CO)CSCc1ncc(-c2ccc(Br)cc2)o1. The Balaban J connectivity index is 1.93. The lowest BCUT2D eigenvalue weighted by Gasteiger charge is -2.04. The van der Waals surface area contributed by atoms with Crippen LogP contribution in [0.4, 0.5) is 0 Å². The summed E-state index contributed by atoms with van der Waals surface area (Å²) in [5, 5.41) is 8.95. The van der Waals surface area contributed by atoms with Crippen molar-refractivity contribution in [2.24, 2.45) is 5.92 Å². The Morgan fingerprint density at radius 3 is 2.79 bits per heavy atom. The van der Waals surface area contributed by atoms with Crippen LogP contribution < -0.4 is 0 Å². The standard InChI is InChI=1S/C14H16BrNO2S/c1-10(7-17)8-19-9-14-16-6-13(18-14)11-2-4-12(15)5-3-11/h2-6,10,17H,7-9H2,1H3. The van der Waals surface area contributed by atoms with E-state index in [0.29, 0.717) is 5.92 Å². The van der Waals surface area contributed by atoms with Crippen molar-refractivity contribution in [3.8, 4) is 11.3 Å². The van der Waals surface area contributed by atoms with Crippen LogP contribution in [0.1, 0.15) is 12.8 Å². The zero-order valence-electron chi connectivity index (χ0n) is 10.7. The summed E-state index contributed by atoms with van der Waals surface area (Å²) in [5.74, 6) is 3.48. The van der Waals surface area contributed by atoms with Crippen LogP contribution in [0, 0.1) is 5.92 Å². The topological polar surface area (TPSA) is 46.3 Å². The van der Waals surface area contributed by atoms with Gasteiger partial charge in [0.2, 0.25) is 5.89 Å². The first-order valence-electron chi connectivity index (χ1n) is 6.08. The number of hydrogen-bond donors (Lipinski definition) is 1. The van der Waals surface area contributed by atoms with Gasteiger partial charge in [0.1, 0.15) is 0 Å². The fourth-order valence-corrected chi connectivity index (χ4v) is 2.72. The van der Waals surface area contributed by atoms with Crippen molar-refractivity contribution in [1.29, 1.82) is 0 Å². The molecule has 1 N–H and O–H groups in total. The molecule has 102 valence electrons. The number of oxazole rings is 1. The van der Waals surface area contributed by atoms with Crippen LogP contribution in [-0.4, -0.2) is 22.5 Å². The molecule has 19 heavy (non-hydrogen) atoms.